The Morgan fingerprint density at radius 2 is 1.95 bits per heavy atom. The van der Waals surface area contributed by atoms with Gasteiger partial charge in [0.15, 0.2) is 0 Å². The first kappa shape index (κ1) is 14.5. The third-order valence-electron chi connectivity index (χ3n) is 3.70. The van der Waals surface area contributed by atoms with Crippen LogP contribution in [-0.2, 0) is 11.3 Å². The number of carboxylic acids is 1. The number of likely N-dealkylation sites (N-methyl/N-ethyl adjacent to an activating group) is 1. The van der Waals surface area contributed by atoms with E-state index in [1.807, 2.05) is 48.2 Å². The van der Waals surface area contributed by atoms with Crippen LogP contribution < -0.4 is 0 Å². The number of rotatable bonds is 5. The third kappa shape index (κ3) is 2.80. The van der Waals surface area contributed by atoms with Crippen LogP contribution in [0, 0.1) is 0 Å². The summed E-state index contributed by atoms with van der Waals surface area (Å²) in [5.41, 5.74) is 0.927. The molecule has 4 nitrogen and oxygen atoms in total. The van der Waals surface area contributed by atoms with Crippen LogP contribution in [0.25, 0.3) is 10.9 Å². The monoisotopic (exact) mass is 272 g/mol. The lowest BCUT2D eigenvalue weighted by Gasteiger charge is -2.33. The number of nitrogens with zero attached hydrogens (tertiary/aromatic N) is 2. The van der Waals surface area contributed by atoms with Crippen molar-refractivity contribution in [3.05, 3.63) is 42.1 Å². The number of carbonyl (C=O) groups is 1. The molecule has 1 aromatic heterocycles. The fraction of sp³-hybridized carbons (Fsp3) is 0.375. The molecular formula is C16H20N2O2. The van der Waals surface area contributed by atoms with Gasteiger partial charge in [-0.05, 0) is 32.5 Å². The minimum absolute atomic E-state index is 0.528. The lowest BCUT2D eigenvalue weighted by atomic mass is 10.0. The van der Waals surface area contributed by atoms with Gasteiger partial charge in [0.25, 0.3) is 0 Å². The molecule has 1 heterocycles. The lowest BCUT2D eigenvalue weighted by molar-refractivity contribution is -0.149. The fourth-order valence-electron chi connectivity index (χ4n) is 2.23. The van der Waals surface area contributed by atoms with Gasteiger partial charge in [-0.15, -0.1) is 0 Å². The summed E-state index contributed by atoms with van der Waals surface area (Å²) in [5, 5.41) is 10.4. The van der Waals surface area contributed by atoms with Crippen LogP contribution in [0.5, 0.6) is 0 Å². The maximum absolute atomic E-state index is 11.4. The van der Waals surface area contributed by atoms with Crippen LogP contribution in [0.2, 0.25) is 0 Å². The van der Waals surface area contributed by atoms with E-state index in [-0.39, 0.29) is 0 Å². The van der Waals surface area contributed by atoms with Crippen molar-refractivity contribution in [1.82, 2.24) is 9.88 Å². The fourth-order valence-corrected chi connectivity index (χ4v) is 2.23. The Labute approximate surface area is 119 Å². The van der Waals surface area contributed by atoms with Gasteiger partial charge in [-0.2, -0.15) is 0 Å². The van der Waals surface area contributed by atoms with Crippen molar-refractivity contribution in [3.63, 3.8) is 0 Å². The number of hydrogen-bond acceptors (Lipinski definition) is 3. The molecule has 2 rings (SSSR count). The molecule has 0 fully saturated rings. The van der Waals surface area contributed by atoms with Gasteiger partial charge in [0.1, 0.15) is 5.54 Å². The number of para-hydroxylation sites is 1. The number of fused-ring (bicyclic) bond motifs is 1. The number of pyridine rings is 1. The van der Waals surface area contributed by atoms with Crippen LogP contribution in [0.3, 0.4) is 0 Å². The summed E-state index contributed by atoms with van der Waals surface area (Å²) in [6.07, 6.45) is 0. The molecule has 0 aliphatic rings. The molecule has 0 radical (unpaired) electrons. The van der Waals surface area contributed by atoms with Gasteiger partial charge in [-0.25, -0.2) is 0 Å². The van der Waals surface area contributed by atoms with Crippen LogP contribution >= 0.6 is 0 Å². The summed E-state index contributed by atoms with van der Waals surface area (Å²) in [7, 11) is 0. The Morgan fingerprint density at radius 1 is 1.25 bits per heavy atom. The molecule has 0 atom stereocenters. The van der Waals surface area contributed by atoms with E-state index in [0.717, 1.165) is 16.6 Å². The van der Waals surface area contributed by atoms with Gasteiger partial charge in [-0.1, -0.05) is 31.2 Å². The molecule has 4 heteroatoms. The zero-order chi connectivity index (χ0) is 14.8. The minimum Gasteiger partial charge on any atom is -0.480 e. The smallest absolute Gasteiger partial charge is 0.323 e. The van der Waals surface area contributed by atoms with E-state index in [2.05, 4.69) is 4.98 Å². The van der Waals surface area contributed by atoms with E-state index in [1.165, 1.54) is 0 Å². The maximum atomic E-state index is 11.4. The highest BCUT2D eigenvalue weighted by Crippen LogP contribution is 2.19. The molecule has 0 bridgehead atoms. The number of aliphatic carboxylic acids is 1. The molecule has 0 spiro atoms. The second kappa shape index (κ2) is 5.59. The molecule has 1 N–H and O–H groups in total. The molecule has 0 saturated carbocycles. The second-order valence-corrected chi connectivity index (χ2v) is 5.37. The van der Waals surface area contributed by atoms with E-state index in [9.17, 15) is 9.90 Å². The van der Waals surface area contributed by atoms with Gasteiger partial charge in [0.05, 0.1) is 11.2 Å². The van der Waals surface area contributed by atoms with E-state index < -0.39 is 11.5 Å². The van der Waals surface area contributed by atoms with Gasteiger partial charge >= 0.3 is 5.97 Å². The minimum atomic E-state index is -0.901. The predicted octanol–water partition coefficient (Wildman–Crippen LogP) is 2.92. The zero-order valence-electron chi connectivity index (χ0n) is 12.1. The van der Waals surface area contributed by atoms with Crippen LogP contribution in [-0.4, -0.2) is 33.0 Å². The van der Waals surface area contributed by atoms with E-state index in [4.69, 9.17) is 0 Å². The first-order chi connectivity index (χ1) is 9.45. The summed E-state index contributed by atoms with van der Waals surface area (Å²) in [5.74, 6) is -0.819. The van der Waals surface area contributed by atoms with Crippen LogP contribution in [0.15, 0.2) is 36.4 Å². The first-order valence-corrected chi connectivity index (χ1v) is 6.78. The topological polar surface area (TPSA) is 53.4 Å². The molecule has 1 aromatic carbocycles. The number of benzene rings is 1. The first-order valence-electron chi connectivity index (χ1n) is 6.78. The Kier molecular flexibility index (Phi) is 4.04. The van der Waals surface area contributed by atoms with Gasteiger partial charge in [0, 0.05) is 11.9 Å². The molecule has 106 valence electrons. The van der Waals surface area contributed by atoms with Crippen molar-refractivity contribution >= 4 is 16.9 Å². The highest BCUT2D eigenvalue weighted by molar-refractivity contribution is 5.79. The van der Waals surface area contributed by atoms with Crippen LogP contribution in [0.1, 0.15) is 26.5 Å². The Balaban J connectivity index is 2.28. The second-order valence-electron chi connectivity index (χ2n) is 5.37. The normalized spacial score (nSPS) is 12.0. The van der Waals surface area contributed by atoms with Crippen molar-refractivity contribution < 1.29 is 9.90 Å². The Hall–Kier alpha value is -1.94. The average Bonchev–Trinajstić information content (AvgIpc) is 2.44. The number of carboxylic acid groups (broad SMARTS) is 1. The standard InChI is InChI=1S/C16H20N2O2/c1-4-18(16(2,3)15(19)20)11-13-10-9-12-7-5-6-8-14(12)17-13/h5-10H,4,11H2,1-3H3,(H,19,20). The molecule has 0 unspecified atom stereocenters. The van der Waals surface area contributed by atoms with Crippen LogP contribution in [0.4, 0.5) is 0 Å². The maximum Gasteiger partial charge on any atom is 0.323 e. The predicted molar refractivity (Wildman–Crippen MR) is 79.5 cm³/mol. The van der Waals surface area contributed by atoms with E-state index >= 15 is 0 Å². The third-order valence-corrected chi connectivity index (χ3v) is 3.70. The number of aromatic nitrogens is 1. The Bertz CT molecular complexity index is 623. The van der Waals surface area contributed by atoms with Gasteiger partial charge in [-0.3, -0.25) is 14.7 Å². The largest absolute Gasteiger partial charge is 0.480 e. The molecule has 0 aliphatic heterocycles. The molecule has 0 saturated heterocycles. The van der Waals surface area contributed by atoms with Crippen molar-refractivity contribution in [3.8, 4) is 0 Å². The van der Waals surface area contributed by atoms with Crippen molar-refractivity contribution in [2.45, 2.75) is 32.9 Å². The van der Waals surface area contributed by atoms with Crippen molar-refractivity contribution in [2.75, 3.05) is 6.54 Å². The lowest BCUT2D eigenvalue weighted by Crippen LogP contribution is -2.49. The molecule has 0 amide bonds. The molecule has 2 aromatic rings. The highest BCUT2D eigenvalue weighted by atomic mass is 16.4. The van der Waals surface area contributed by atoms with Crippen molar-refractivity contribution in [2.24, 2.45) is 0 Å². The SMILES string of the molecule is CCN(Cc1ccc2ccccc2n1)C(C)(C)C(=O)O. The summed E-state index contributed by atoms with van der Waals surface area (Å²) in [6.45, 7) is 6.60. The molecular weight excluding hydrogens is 252 g/mol. The average molecular weight is 272 g/mol. The van der Waals surface area contributed by atoms with Gasteiger partial charge < -0.3 is 5.11 Å². The summed E-state index contributed by atoms with van der Waals surface area (Å²) in [6, 6.07) is 11.9. The molecule has 0 aliphatic carbocycles. The van der Waals surface area contributed by atoms with Crippen molar-refractivity contribution in [1.29, 1.82) is 0 Å². The highest BCUT2D eigenvalue weighted by Gasteiger charge is 2.33. The number of hydrogen-bond donors (Lipinski definition) is 1. The van der Waals surface area contributed by atoms with Gasteiger partial charge in [0.2, 0.25) is 0 Å². The summed E-state index contributed by atoms with van der Waals surface area (Å²) in [4.78, 5) is 17.9. The summed E-state index contributed by atoms with van der Waals surface area (Å²) >= 11 is 0. The van der Waals surface area contributed by atoms with E-state index in [1.54, 1.807) is 13.8 Å². The summed E-state index contributed by atoms with van der Waals surface area (Å²) < 4.78 is 0. The van der Waals surface area contributed by atoms with E-state index in [0.29, 0.717) is 13.1 Å². The molecule has 20 heavy (non-hydrogen) atoms. The Morgan fingerprint density at radius 3 is 2.60 bits per heavy atom. The quantitative estimate of drug-likeness (QED) is 0.909. The zero-order valence-corrected chi connectivity index (χ0v) is 12.1.